The molecule has 4 rings (SSSR count). The van der Waals surface area contributed by atoms with Crippen molar-refractivity contribution in [1.82, 2.24) is 13.8 Å². The summed E-state index contributed by atoms with van der Waals surface area (Å²) < 4.78 is 9.06. The van der Waals surface area contributed by atoms with E-state index in [1.807, 2.05) is 51.1 Å². The summed E-state index contributed by atoms with van der Waals surface area (Å²) >= 11 is 0. The standard InChI is InChI=1S/C26H30N6O5/c1-4-21-17(3)20-14-19(11-12-22(20)36-21)29-24-31(15-18-9-7-16(2)8-10-18)25(34)30(26(35)32(24)27)13-5-6-23(33)37-28/h7-12,14H,4-6,13,15,27-28H2,1-3H3/b29-24-. The molecule has 4 N–H and O–H groups in total. The second kappa shape index (κ2) is 10.7. The van der Waals surface area contributed by atoms with E-state index in [4.69, 9.17) is 16.2 Å². The fourth-order valence-electron chi connectivity index (χ4n) is 4.20. The summed E-state index contributed by atoms with van der Waals surface area (Å²) in [4.78, 5) is 46.8. The Bertz CT molecular complexity index is 1640. The second-order valence-corrected chi connectivity index (χ2v) is 8.85. The van der Waals surface area contributed by atoms with Gasteiger partial charge in [0.1, 0.15) is 11.3 Å². The first kappa shape index (κ1) is 25.7. The summed E-state index contributed by atoms with van der Waals surface area (Å²) in [7, 11) is 0. The lowest BCUT2D eigenvalue weighted by atomic mass is 10.1. The number of nitrogens with two attached hydrogens (primary N) is 2. The SMILES string of the molecule is CCc1oc2ccc(/N=c3\n(N)c(=O)n(CCCC(=O)ON)c(=O)n3Cc3ccc(C)cc3)cc2c1C. The monoisotopic (exact) mass is 506 g/mol. The minimum absolute atomic E-state index is 0.00981. The zero-order valence-corrected chi connectivity index (χ0v) is 21.1. The van der Waals surface area contributed by atoms with E-state index in [-0.39, 0.29) is 31.5 Å². The molecule has 0 aliphatic carbocycles. The van der Waals surface area contributed by atoms with E-state index in [1.54, 1.807) is 12.1 Å². The summed E-state index contributed by atoms with van der Waals surface area (Å²) in [6.45, 7) is 6.05. The number of benzene rings is 2. The van der Waals surface area contributed by atoms with Crippen molar-refractivity contribution in [3.8, 4) is 0 Å². The van der Waals surface area contributed by atoms with Gasteiger partial charge in [-0.2, -0.15) is 10.6 Å². The molecule has 0 aliphatic heterocycles. The predicted molar refractivity (Wildman–Crippen MR) is 138 cm³/mol. The van der Waals surface area contributed by atoms with Crippen LogP contribution in [0.5, 0.6) is 0 Å². The molecule has 4 aromatic rings. The van der Waals surface area contributed by atoms with Crippen LogP contribution in [0.25, 0.3) is 11.0 Å². The van der Waals surface area contributed by atoms with Crippen LogP contribution in [0.15, 0.2) is 61.5 Å². The number of hydrogen-bond donors (Lipinski definition) is 2. The van der Waals surface area contributed by atoms with Gasteiger partial charge in [0.2, 0.25) is 5.62 Å². The Morgan fingerprint density at radius 2 is 1.78 bits per heavy atom. The van der Waals surface area contributed by atoms with Crippen LogP contribution in [-0.4, -0.2) is 19.8 Å². The summed E-state index contributed by atoms with van der Waals surface area (Å²) in [6, 6.07) is 13.1. The van der Waals surface area contributed by atoms with E-state index in [0.717, 1.165) is 49.1 Å². The number of nitrogens with zero attached hydrogens (tertiary/aromatic N) is 4. The molecule has 0 saturated heterocycles. The van der Waals surface area contributed by atoms with E-state index < -0.39 is 17.3 Å². The molecule has 0 saturated carbocycles. The summed E-state index contributed by atoms with van der Waals surface area (Å²) in [5, 5.41) is 0.897. The molecule has 0 atom stereocenters. The second-order valence-electron chi connectivity index (χ2n) is 8.85. The minimum atomic E-state index is -0.751. The predicted octanol–water partition coefficient (Wildman–Crippen LogP) is 1.93. The minimum Gasteiger partial charge on any atom is -0.461 e. The maximum atomic E-state index is 13.5. The Balaban J connectivity index is 1.88. The molecule has 0 spiro atoms. The van der Waals surface area contributed by atoms with Gasteiger partial charge in [0.05, 0.1) is 12.2 Å². The van der Waals surface area contributed by atoms with Crippen LogP contribution in [0.2, 0.25) is 0 Å². The third kappa shape index (κ3) is 5.26. The highest BCUT2D eigenvalue weighted by atomic mass is 16.7. The maximum Gasteiger partial charge on any atom is 0.353 e. The van der Waals surface area contributed by atoms with Gasteiger partial charge in [0, 0.05) is 24.8 Å². The highest BCUT2D eigenvalue weighted by molar-refractivity contribution is 5.84. The molecule has 11 heteroatoms. The molecule has 2 aromatic carbocycles. The number of furan rings is 1. The third-order valence-electron chi connectivity index (χ3n) is 6.28. The number of aromatic nitrogens is 3. The Morgan fingerprint density at radius 3 is 2.46 bits per heavy atom. The van der Waals surface area contributed by atoms with Crippen molar-refractivity contribution in [2.24, 2.45) is 10.9 Å². The largest absolute Gasteiger partial charge is 0.461 e. The van der Waals surface area contributed by atoms with Crippen LogP contribution in [-0.2, 0) is 29.1 Å². The van der Waals surface area contributed by atoms with Crippen LogP contribution in [0.4, 0.5) is 5.69 Å². The molecule has 11 nitrogen and oxygen atoms in total. The normalized spacial score (nSPS) is 11.8. The van der Waals surface area contributed by atoms with Crippen LogP contribution in [0.1, 0.15) is 42.2 Å². The molecule has 0 fully saturated rings. The first-order valence-electron chi connectivity index (χ1n) is 12.0. The fourth-order valence-corrected chi connectivity index (χ4v) is 4.20. The van der Waals surface area contributed by atoms with E-state index >= 15 is 0 Å². The Morgan fingerprint density at radius 1 is 1.05 bits per heavy atom. The molecular formula is C26H30N6O5. The lowest BCUT2D eigenvalue weighted by molar-refractivity contribution is -0.144. The van der Waals surface area contributed by atoms with Crippen molar-refractivity contribution in [2.75, 3.05) is 5.84 Å². The van der Waals surface area contributed by atoms with E-state index in [9.17, 15) is 14.4 Å². The number of aryl methyl sites for hydroxylation is 3. The van der Waals surface area contributed by atoms with Crippen LogP contribution in [0, 0.1) is 13.8 Å². The van der Waals surface area contributed by atoms with Crippen molar-refractivity contribution < 1.29 is 14.0 Å². The van der Waals surface area contributed by atoms with Gasteiger partial charge in [-0.05, 0) is 49.6 Å². The topological polar surface area (TPSA) is 153 Å². The molecule has 0 bridgehead atoms. The maximum absolute atomic E-state index is 13.5. The van der Waals surface area contributed by atoms with Gasteiger partial charge in [-0.3, -0.25) is 9.36 Å². The summed E-state index contributed by atoms with van der Waals surface area (Å²) in [5.74, 6) is 11.3. The highest BCUT2D eigenvalue weighted by Crippen LogP contribution is 2.29. The van der Waals surface area contributed by atoms with Crippen molar-refractivity contribution in [2.45, 2.75) is 53.1 Å². The van der Waals surface area contributed by atoms with Crippen molar-refractivity contribution in [3.05, 3.63) is 91.5 Å². The molecule has 194 valence electrons. The van der Waals surface area contributed by atoms with E-state index in [2.05, 4.69) is 9.83 Å². The van der Waals surface area contributed by atoms with Gasteiger partial charge < -0.3 is 15.1 Å². The average Bonchev–Trinajstić information content (AvgIpc) is 3.22. The lowest BCUT2D eigenvalue weighted by Gasteiger charge is -2.14. The number of nitrogen functional groups attached to an aromatic ring is 1. The van der Waals surface area contributed by atoms with Gasteiger partial charge in [-0.15, -0.1) is 0 Å². The van der Waals surface area contributed by atoms with Gasteiger partial charge in [0.25, 0.3) is 0 Å². The van der Waals surface area contributed by atoms with Gasteiger partial charge >= 0.3 is 17.3 Å². The van der Waals surface area contributed by atoms with Gasteiger partial charge in [-0.25, -0.2) is 19.1 Å². The molecule has 2 aromatic heterocycles. The average molecular weight is 507 g/mol. The molecular weight excluding hydrogens is 476 g/mol. The Kier molecular flexibility index (Phi) is 7.44. The van der Waals surface area contributed by atoms with E-state index in [0.29, 0.717) is 5.69 Å². The number of carbonyl (C=O) groups is 1. The smallest absolute Gasteiger partial charge is 0.353 e. The van der Waals surface area contributed by atoms with Crippen LogP contribution < -0.4 is 28.7 Å². The molecule has 0 amide bonds. The van der Waals surface area contributed by atoms with Crippen LogP contribution >= 0.6 is 0 Å². The first-order chi connectivity index (χ1) is 17.7. The van der Waals surface area contributed by atoms with Gasteiger partial charge in [0.15, 0.2) is 0 Å². The zero-order valence-electron chi connectivity index (χ0n) is 21.1. The quantitative estimate of drug-likeness (QED) is 0.273. The number of hydrogen-bond acceptors (Lipinski definition) is 8. The third-order valence-corrected chi connectivity index (χ3v) is 6.28. The van der Waals surface area contributed by atoms with Gasteiger partial charge in [-0.1, -0.05) is 36.8 Å². The van der Waals surface area contributed by atoms with Crippen molar-refractivity contribution in [1.29, 1.82) is 0 Å². The molecule has 0 aliphatic rings. The number of fused-ring (bicyclic) bond motifs is 1. The molecule has 37 heavy (non-hydrogen) atoms. The summed E-state index contributed by atoms with van der Waals surface area (Å²) in [5.41, 5.74) is 2.80. The van der Waals surface area contributed by atoms with Crippen LogP contribution in [0.3, 0.4) is 0 Å². The Hall–Kier alpha value is -4.38. The van der Waals surface area contributed by atoms with Crippen molar-refractivity contribution in [3.63, 3.8) is 0 Å². The fraction of sp³-hybridized carbons (Fsp3) is 0.308. The first-order valence-corrected chi connectivity index (χ1v) is 12.0. The molecule has 0 radical (unpaired) electrons. The zero-order chi connectivity index (χ0) is 26.7. The Labute approximate surface area is 212 Å². The molecule has 0 unspecified atom stereocenters. The van der Waals surface area contributed by atoms with Crippen molar-refractivity contribution >= 4 is 22.6 Å². The number of carbonyl (C=O) groups excluding carboxylic acids is 1. The number of rotatable bonds is 8. The van der Waals surface area contributed by atoms with E-state index in [1.165, 1.54) is 4.57 Å². The molecule has 2 heterocycles. The lowest BCUT2D eigenvalue weighted by Crippen LogP contribution is -2.57. The summed E-state index contributed by atoms with van der Waals surface area (Å²) in [6.07, 6.45) is 0.871. The highest BCUT2D eigenvalue weighted by Gasteiger charge is 2.15.